The first-order chi connectivity index (χ1) is 12.7. The summed E-state index contributed by atoms with van der Waals surface area (Å²) in [5.41, 5.74) is 9.63. The fourth-order valence-corrected chi connectivity index (χ4v) is 2.50. The van der Waals surface area contributed by atoms with Crippen LogP contribution < -0.4 is 15.8 Å². The highest BCUT2D eigenvalue weighted by atomic mass is 16.7. The Balaban J connectivity index is 1.80. The number of carbonyl (C=O) groups is 1. The molecule has 0 fully saturated rings. The summed E-state index contributed by atoms with van der Waals surface area (Å²) in [6.45, 7) is 0.205. The van der Waals surface area contributed by atoms with Crippen LogP contribution in [0, 0.1) is 0 Å². The van der Waals surface area contributed by atoms with Gasteiger partial charge in [0.15, 0.2) is 6.79 Å². The number of amides is 1. The fourth-order valence-electron chi connectivity index (χ4n) is 2.50. The molecule has 0 bridgehead atoms. The number of anilines is 2. The third kappa shape index (κ3) is 4.20. The summed E-state index contributed by atoms with van der Waals surface area (Å²) < 4.78 is 10.3. The van der Waals surface area contributed by atoms with Crippen LogP contribution in [0.3, 0.4) is 0 Å². The maximum Gasteiger partial charge on any atom is 0.255 e. The second kappa shape index (κ2) is 8.18. The molecule has 3 rings (SSSR count). The molecule has 0 saturated carbocycles. The van der Waals surface area contributed by atoms with Gasteiger partial charge in [0, 0.05) is 12.7 Å². The van der Waals surface area contributed by atoms with Crippen LogP contribution in [0.5, 0.6) is 5.75 Å². The smallest absolute Gasteiger partial charge is 0.255 e. The SMILES string of the molecule is COCOc1ccc(-c2ccc(N)c(NC(=O)c3ccccc3)c2)cc1. The van der Waals surface area contributed by atoms with Gasteiger partial charge in [-0.1, -0.05) is 36.4 Å². The van der Waals surface area contributed by atoms with E-state index in [4.69, 9.17) is 15.2 Å². The van der Waals surface area contributed by atoms with Crippen LogP contribution in [-0.4, -0.2) is 19.8 Å². The van der Waals surface area contributed by atoms with Gasteiger partial charge in [-0.3, -0.25) is 4.79 Å². The quantitative estimate of drug-likeness (QED) is 0.518. The Morgan fingerprint density at radius 3 is 2.35 bits per heavy atom. The van der Waals surface area contributed by atoms with Crippen molar-refractivity contribution in [1.82, 2.24) is 0 Å². The highest BCUT2D eigenvalue weighted by Crippen LogP contribution is 2.29. The van der Waals surface area contributed by atoms with E-state index in [-0.39, 0.29) is 12.7 Å². The second-order valence-electron chi connectivity index (χ2n) is 5.70. The molecule has 0 radical (unpaired) electrons. The van der Waals surface area contributed by atoms with Gasteiger partial charge in [0.1, 0.15) is 5.75 Å². The molecule has 0 aliphatic carbocycles. The number of nitrogens with one attached hydrogen (secondary N) is 1. The van der Waals surface area contributed by atoms with Crippen molar-refractivity contribution in [2.75, 3.05) is 25.0 Å². The standard InChI is InChI=1S/C21H20N2O3/c1-25-14-26-18-10-7-15(8-11-18)17-9-12-19(22)20(13-17)23-21(24)16-5-3-2-4-6-16/h2-13H,14,22H2,1H3,(H,23,24). The highest BCUT2D eigenvalue weighted by molar-refractivity contribution is 6.06. The van der Waals surface area contributed by atoms with Crippen LogP contribution in [0.1, 0.15) is 10.4 Å². The van der Waals surface area contributed by atoms with Gasteiger partial charge in [0.05, 0.1) is 11.4 Å². The first-order valence-electron chi connectivity index (χ1n) is 8.15. The topological polar surface area (TPSA) is 73.6 Å². The first-order valence-corrected chi connectivity index (χ1v) is 8.15. The second-order valence-corrected chi connectivity index (χ2v) is 5.70. The molecule has 0 aliphatic heterocycles. The van der Waals surface area contributed by atoms with E-state index in [2.05, 4.69) is 5.32 Å². The zero-order valence-corrected chi connectivity index (χ0v) is 14.4. The van der Waals surface area contributed by atoms with Crippen LogP contribution in [0.2, 0.25) is 0 Å². The lowest BCUT2D eigenvalue weighted by molar-refractivity contribution is 0.0511. The molecule has 3 aromatic rings. The number of carbonyl (C=O) groups excluding carboxylic acids is 1. The van der Waals surface area contributed by atoms with Crippen molar-refractivity contribution in [1.29, 1.82) is 0 Å². The van der Waals surface area contributed by atoms with Crippen molar-refractivity contribution in [2.24, 2.45) is 0 Å². The van der Waals surface area contributed by atoms with Gasteiger partial charge < -0.3 is 20.5 Å². The van der Waals surface area contributed by atoms with E-state index in [1.165, 1.54) is 0 Å². The Kier molecular flexibility index (Phi) is 5.51. The molecule has 0 heterocycles. The number of hydrogen-bond acceptors (Lipinski definition) is 4. The molecule has 3 aromatic carbocycles. The predicted molar refractivity (Wildman–Crippen MR) is 103 cm³/mol. The van der Waals surface area contributed by atoms with Crippen molar-refractivity contribution in [2.45, 2.75) is 0 Å². The number of hydrogen-bond donors (Lipinski definition) is 2. The summed E-state index contributed by atoms with van der Waals surface area (Å²) in [6.07, 6.45) is 0. The summed E-state index contributed by atoms with van der Waals surface area (Å²) in [4.78, 5) is 12.4. The van der Waals surface area contributed by atoms with Gasteiger partial charge in [-0.05, 0) is 47.5 Å². The van der Waals surface area contributed by atoms with E-state index in [0.29, 0.717) is 16.9 Å². The van der Waals surface area contributed by atoms with Gasteiger partial charge in [0.25, 0.3) is 5.91 Å². The van der Waals surface area contributed by atoms with E-state index < -0.39 is 0 Å². The Labute approximate surface area is 152 Å². The Morgan fingerprint density at radius 2 is 1.65 bits per heavy atom. The Bertz CT molecular complexity index is 878. The zero-order valence-electron chi connectivity index (χ0n) is 14.4. The summed E-state index contributed by atoms with van der Waals surface area (Å²) in [5, 5.41) is 2.87. The predicted octanol–water partition coefficient (Wildman–Crippen LogP) is 4.17. The van der Waals surface area contributed by atoms with Gasteiger partial charge in [-0.2, -0.15) is 0 Å². The highest BCUT2D eigenvalue weighted by Gasteiger charge is 2.09. The molecular weight excluding hydrogens is 328 g/mol. The van der Waals surface area contributed by atoms with Crippen LogP contribution in [0.4, 0.5) is 11.4 Å². The van der Waals surface area contributed by atoms with Crippen molar-refractivity contribution < 1.29 is 14.3 Å². The Morgan fingerprint density at radius 1 is 0.962 bits per heavy atom. The molecule has 0 spiro atoms. The Hall–Kier alpha value is -3.31. The maximum absolute atomic E-state index is 12.4. The summed E-state index contributed by atoms with van der Waals surface area (Å²) in [5.74, 6) is 0.529. The third-order valence-corrected chi connectivity index (χ3v) is 3.87. The van der Waals surface area contributed by atoms with Gasteiger partial charge in [-0.15, -0.1) is 0 Å². The molecule has 132 valence electrons. The van der Waals surface area contributed by atoms with Crippen LogP contribution in [-0.2, 0) is 4.74 Å². The number of methoxy groups -OCH3 is 1. The lowest BCUT2D eigenvalue weighted by Crippen LogP contribution is -2.13. The maximum atomic E-state index is 12.4. The molecule has 5 heteroatoms. The average molecular weight is 348 g/mol. The van der Waals surface area contributed by atoms with Gasteiger partial charge >= 0.3 is 0 Å². The van der Waals surface area contributed by atoms with Crippen molar-refractivity contribution >= 4 is 17.3 Å². The lowest BCUT2D eigenvalue weighted by Gasteiger charge is -2.11. The van der Waals surface area contributed by atoms with Crippen molar-refractivity contribution in [3.8, 4) is 16.9 Å². The molecule has 0 aromatic heterocycles. The normalized spacial score (nSPS) is 10.3. The van der Waals surface area contributed by atoms with E-state index in [1.54, 1.807) is 25.3 Å². The fraction of sp³-hybridized carbons (Fsp3) is 0.0952. The van der Waals surface area contributed by atoms with Crippen LogP contribution in [0.15, 0.2) is 72.8 Å². The van der Waals surface area contributed by atoms with Gasteiger partial charge in [-0.25, -0.2) is 0 Å². The molecule has 1 amide bonds. The van der Waals surface area contributed by atoms with Gasteiger partial charge in [0.2, 0.25) is 0 Å². The van der Waals surface area contributed by atoms with E-state index in [9.17, 15) is 4.79 Å². The minimum Gasteiger partial charge on any atom is -0.468 e. The van der Waals surface area contributed by atoms with E-state index in [0.717, 1.165) is 16.9 Å². The molecule has 3 N–H and O–H groups in total. The molecule has 5 nitrogen and oxygen atoms in total. The number of nitrogen functional groups attached to an aromatic ring is 1. The third-order valence-electron chi connectivity index (χ3n) is 3.87. The largest absolute Gasteiger partial charge is 0.468 e. The summed E-state index contributed by atoms with van der Waals surface area (Å²) in [6, 6.07) is 22.2. The molecule has 0 aliphatic rings. The summed E-state index contributed by atoms with van der Waals surface area (Å²) in [7, 11) is 1.58. The molecule has 0 saturated heterocycles. The van der Waals surface area contributed by atoms with E-state index >= 15 is 0 Å². The monoisotopic (exact) mass is 348 g/mol. The molecule has 0 unspecified atom stereocenters. The number of benzene rings is 3. The van der Waals surface area contributed by atoms with Crippen LogP contribution >= 0.6 is 0 Å². The molecular formula is C21H20N2O3. The summed E-state index contributed by atoms with van der Waals surface area (Å²) >= 11 is 0. The zero-order chi connectivity index (χ0) is 18.4. The average Bonchev–Trinajstić information content (AvgIpc) is 2.69. The van der Waals surface area contributed by atoms with Crippen molar-refractivity contribution in [3.63, 3.8) is 0 Å². The van der Waals surface area contributed by atoms with Crippen LogP contribution in [0.25, 0.3) is 11.1 Å². The number of nitrogens with two attached hydrogens (primary N) is 1. The number of rotatable bonds is 6. The minimum absolute atomic E-state index is 0.197. The first kappa shape index (κ1) is 17.5. The van der Waals surface area contributed by atoms with E-state index in [1.807, 2.05) is 54.6 Å². The lowest BCUT2D eigenvalue weighted by atomic mass is 10.0. The van der Waals surface area contributed by atoms with Crippen molar-refractivity contribution in [3.05, 3.63) is 78.4 Å². The molecule has 0 atom stereocenters. The minimum atomic E-state index is -0.197. The number of ether oxygens (including phenoxy) is 2. The molecule has 26 heavy (non-hydrogen) atoms.